The summed E-state index contributed by atoms with van der Waals surface area (Å²) in [5, 5.41) is 0.440. The molecule has 5 nitrogen and oxygen atoms in total. The van der Waals surface area contributed by atoms with Crippen LogP contribution < -0.4 is 4.90 Å². The molecule has 1 aliphatic heterocycles. The monoisotopic (exact) mass is 507 g/mol. The third kappa shape index (κ3) is 4.38. The van der Waals surface area contributed by atoms with Crippen LogP contribution in [0.3, 0.4) is 0 Å². The molecule has 2 fully saturated rings. The summed E-state index contributed by atoms with van der Waals surface area (Å²) in [7, 11) is -3.88. The topological polar surface area (TPSA) is 63.7 Å². The van der Waals surface area contributed by atoms with Crippen LogP contribution in [0.25, 0.3) is 0 Å². The van der Waals surface area contributed by atoms with E-state index in [4.69, 9.17) is 16.3 Å². The van der Waals surface area contributed by atoms with Gasteiger partial charge in [0.15, 0.2) is 9.84 Å². The molecule has 0 spiro atoms. The summed E-state index contributed by atoms with van der Waals surface area (Å²) in [6.07, 6.45) is 3.08. The van der Waals surface area contributed by atoms with Gasteiger partial charge in [0.25, 0.3) is 0 Å². The van der Waals surface area contributed by atoms with Crippen molar-refractivity contribution in [2.24, 2.45) is 5.41 Å². The molecule has 4 rings (SSSR count). The Morgan fingerprint density at radius 2 is 1.71 bits per heavy atom. The zero-order valence-corrected chi connectivity index (χ0v) is 21.4. The molecule has 1 aliphatic carbocycles. The summed E-state index contributed by atoms with van der Waals surface area (Å²) in [6.45, 7) is 5.98. The lowest BCUT2D eigenvalue weighted by atomic mass is 9.86. The lowest BCUT2D eigenvalue weighted by molar-refractivity contribution is -0.126. The molecule has 8 heteroatoms. The van der Waals surface area contributed by atoms with E-state index in [1.165, 1.54) is 18.2 Å². The molecule has 2 aromatic rings. The Labute approximate surface area is 206 Å². The Morgan fingerprint density at radius 3 is 2.21 bits per heavy atom. The van der Waals surface area contributed by atoms with Crippen LogP contribution in [0.2, 0.25) is 5.02 Å². The van der Waals surface area contributed by atoms with E-state index in [9.17, 15) is 13.2 Å². The van der Waals surface area contributed by atoms with E-state index < -0.39 is 25.8 Å². The van der Waals surface area contributed by atoms with Crippen molar-refractivity contribution in [1.29, 1.82) is 0 Å². The Hall–Kier alpha value is -1.96. The van der Waals surface area contributed by atoms with Gasteiger partial charge in [-0.3, -0.25) is 4.79 Å². The number of benzene rings is 2. The van der Waals surface area contributed by atoms with Gasteiger partial charge in [-0.25, -0.2) is 12.8 Å². The molecule has 2 aliphatic rings. The van der Waals surface area contributed by atoms with E-state index >= 15 is 4.39 Å². The molecule has 0 N–H and O–H groups in total. The fourth-order valence-corrected chi connectivity index (χ4v) is 6.93. The number of hydrogen-bond donors (Lipinski definition) is 0. The molecule has 1 saturated heterocycles. The van der Waals surface area contributed by atoms with Crippen molar-refractivity contribution in [3.8, 4) is 0 Å². The van der Waals surface area contributed by atoms with Crippen LogP contribution in [-0.4, -0.2) is 33.6 Å². The molecule has 0 bridgehead atoms. The molecule has 0 radical (unpaired) electrons. The summed E-state index contributed by atoms with van der Waals surface area (Å²) in [5.74, 6) is -0.724. The average molecular weight is 508 g/mol. The first-order valence-electron chi connectivity index (χ1n) is 11.7. The largest absolute Gasteiger partial charge is 0.381 e. The maximum Gasteiger partial charge on any atom is 0.232 e. The van der Waals surface area contributed by atoms with Crippen LogP contribution >= 0.6 is 11.6 Å². The van der Waals surface area contributed by atoms with Gasteiger partial charge in [-0.05, 0) is 74.1 Å². The Kier molecular flexibility index (Phi) is 6.84. The maximum absolute atomic E-state index is 15.7. The molecule has 0 atom stereocenters. The highest BCUT2D eigenvalue weighted by Gasteiger charge is 2.48. The van der Waals surface area contributed by atoms with Crippen LogP contribution in [0.4, 0.5) is 10.1 Å². The highest BCUT2D eigenvalue weighted by atomic mass is 35.5. The smallest absolute Gasteiger partial charge is 0.232 e. The molecular formula is C26H31ClFNO4S. The fraction of sp³-hybridized carbons (Fsp3) is 0.500. The number of sulfone groups is 1. The van der Waals surface area contributed by atoms with Gasteiger partial charge in [0.1, 0.15) is 10.6 Å². The second kappa shape index (κ2) is 9.25. The van der Waals surface area contributed by atoms with Gasteiger partial charge in [0.2, 0.25) is 5.91 Å². The van der Waals surface area contributed by atoms with Crippen LogP contribution in [-0.2, 0) is 24.1 Å². The van der Waals surface area contributed by atoms with Crippen LogP contribution in [0.5, 0.6) is 0 Å². The highest BCUT2D eigenvalue weighted by Crippen LogP contribution is 2.45. The summed E-state index contributed by atoms with van der Waals surface area (Å²) < 4.78 is 47.6. The van der Waals surface area contributed by atoms with Gasteiger partial charge in [-0.2, -0.15) is 0 Å². The quantitative estimate of drug-likeness (QED) is 0.506. The zero-order valence-electron chi connectivity index (χ0n) is 19.8. The number of halogens is 2. The molecule has 1 amide bonds. The van der Waals surface area contributed by atoms with Gasteiger partial charge < -0.3 is 9.64 Å². The predicted molar refractivity (Wildman–Crippen MR) is 131 cm³/mol. The summed E-state index contributed by atoms with van der Waals surface area (Å²) in [5.41, 5.74) is -0.0798. The zero-order chi connectivity index (χ0) is 24.7. The minimum Gasteiger partial charge on any atom is -0.381 e. The van der Waals surface area contributed by atoms with Crippen molar-refractivity contribution in [2.75, 3.05) is 18.1 Å². The van der Waals surface area contributed by atoms with E-state index in [0.29, 0.717) is 10.6 Å². The van der Waals surface area contributed by atoms with Crippen molar-refractivity contribution in [3.63, 3.8) is 0 Å². The second-order valence-electron chi connectivity index (χ2n) is 10.2. The van der Waals surface area contributed by atoms with E-state index in [1.54, 1.807) is 29.2 Å². The Balaban J connectivity index is 1.80. The lowest BCUT2D eigenvalue weighted by Crippen LogP contribution is -2.49. The first-order valence-corrected chi connectivity index (χ1v) is 13.6. The van der Waals surface area contributed by atoms with E-state index in [0.717, 1.165) is 19.3 Å². The van der Waals surface area contributed by atoms with Crippen molar-refractivity contribution in [2.45, 2.75) is 68.6 Å². The Morgan fingerprint density at radius 1 is 1.09 bits per heavy atom. The van der Waals surface area contributed by atoms with Gasteiger partial charge in [-0.15, -0.1) is 0 Å². The molecule has 1 heterocycles. The normalized spacial score (nSPS) is 18.9. The third-order valence-corrected chi connectivity index (χ3v) is 9.79. The maximum atomic E-state index is 15.7. The number of hydrogen-bond acceptors (Lipinski definition) is 4. The molecule has 34 heavy (non-hydrogen) atoms. The van der Waals surface area contributed by atoms with Gasteiger partial charge in [-0.1, -0.05) is 38.4 Å². The summed E-state index contributed by atoms with van der Waals surface area (Å²) in [6, 6.07) is 10.6. The second-order valence-corrected chi connectivity index (χ2v) is 12.9. The van der Waals surface area contributed by atoms with Gasteiger partial charge >= 0.3 is 0 Å². The number of ether oxygens (including phenoxy) is 1. The predicted octanol–water partition coefficient (Wildman–Crippen LogP) is 5.89. The van der Waals surface area contributed by atoms with Crippen molar-refractivity contribution in [1.82, 2.24) is 0 Å². The van der Waals surface area contributed by atoms with E-state index in [1.807, 2.05) is 20.8 Å². The van der Waals surface area contributed by atoms with Crippen molar-refractivity contribution >= 4 is 33.0 Å². The number of nitrogens with zero attached hydrogens (tertiary/aromatic N) is 1. The molecule has 184 valence electrons. The summed E-state index contributed by atoms with van der Waals surface area (Å²) >= 11 is 5.97. The fourth-order valence-electron chi connectivity index (χ4n) is 4.72. The Bertz CT molecular complexity index is 1160. The van der Waals surface area contributed by atoms with E-state index in [2.05, 4.69) is 0 Å². The number of amides is 1. The molecule has 2 aromatic carbocycles. The van der Waals surface area contributed by atoms with Gasteiger partial charge in [0, 0.05) is 29.7 Å². The average Bonchev–Trinajstić information content (AvgIpc) is 2.76. The number of carbonyl (C=O) groups excluding carboxylic acids is 1. The number of rotatable bonds is 5. The standard InChI is InChI=1S/C26H31ClFNO4S/c1-25(2,3)24(30)29(20-5-4-6-20)23-12-7-18(17-22(23)28)26(13-15-33-16-14-26)34(31,32)21-10-8-19(27)9-11-21/h7-12,17,20H,4-6,13-16H2,1-3H3. The minimum absolute atomic E-state index is 0.0399. The van der Waals surface area contributed by atoms with Crippen molar-refractivity contribution in [3.05, 3.63) is 58.9 Å². The van der Waals surface area contributed by atoms with Crippen LogP contribution in [0.1, 0.15) is 58.4 Å². The first kappa shape index (κ1) is 25.1. The molecule has 0 aromatic heterocycles. The van der Waals surface area contributed by atoms with Crippen LogP contribution in [0.15, 0.2) is 47.4 Å². The van der Waals surface area contributed by atoms with Gasteiger partial charge in [0.05, 0.1) is 10.6 Å². The SMILES string of the molecule is CC(C)(C)C(=O)N(c1ccc(C2(S(=O)(=O)c3ccc(Cl)cc3)CCOCC2)cc1F)C1CCC1. The first-order chi connectivity index (χ1) is 16.0. The number of carbonyl (C=O) groups is 1. The minimum atomic E-state index is -3.88. The third-order valence-electron chi connectivity index (χ3n) is 6.97. The lowest BCUT2D eigenvalue weighted by Gasteiger charge is -2.41. The van der Waals surface area contributed by atoms with E-state index in [-0.39, 0.29) is 48.6 Å². The molecule has 0 unspecified atom stereocenters. The molecular weight excluding hydrogens is 477 g/mol. The van der Waals surface area contributed by atoms with Crippen LogP contribution in [0, 0.1) is 11.2 Å². The molecule has 1 saturated carbocycles. The van der Waals surface area contributed by atoms with Crippen molar-refractivity contribution < 1.29 is 22.3 Å². The summed E-state index contributed by atoms with van der Waals surface area (Å²) in [4.78, 5) is 14.9. The number of anilines is 1. The highest BCUT2D eigenvalue weighted by molar-refractivity contribution is 7.92.